The number of benzene rings is 1. The standard InChI is InChI=1S/C14H20O3/c1-11(14(16)17)13(15)10-6-5-9-12-7-3-2-4-8-12/h2-4,7-8,11,13,15H,5-6,9-10H2,1H3,(H,16,17)/t11-,13-/m1/s1. The first-order valence-electron chi connectivity index (χ1n) is 6.06. The molecule has 2 N–H and O–H groups in total. The minimum atomic E-state index is -0.930. The summed E-state index contributed by atoms with van der Waals surface area (Å²) in [5.74, 6) is -1.60. The number of carbonyl (C=O) groups is 1. The lowest BCUT2D eigenvalue weighted by molar-refractivity contribution is -0.144. The summed E-state index contributed by atoms with van der Waals surface area (Å²) in [6.07, 6.45) is 2.64. The average molecular weight is 236 g/mol. The lowest BCUT2D eigenvalue weighted by atomic mass is 9.98. The Labute approximate surface area is 102 Å². The SMILES string of the molecule is C[C@@H](C(=O)O)[C@H](O)CCCCc1ccccc1. The third kappa shape index (κ3) is 5.00. The van der Waals surface area contributed by atoms with Crippen LogP contribution in [0.2, 0.25) is 0 Å². The van der Waals surface area contributed by atoms with Gasteiger partial charge >= 0.3 is 5.97 Å². The van der Waals surface area contributed by atoms with Crippen LogP contribution in [0.15, 0.2) is 30.3 Å². The van der Waals surface area contributed by atoms with Gasteiger partial charge in [0.15, 0.2) is 0 Å². The fourth-order valence-electron chi connectivity index (χ4n) is 1.74. The van der Waals surface area contributed by atoms with Gasteiger partial charge in [0, 0.05) is 0 Å². The fraction of sp³-hybridized carbons (Fsp3) is 0.500. The minimum Gasteiger partial charge on any atom is -0.481 e. The van der Waals surface area contributed by atoms with Gasteiger partial charge < -0.3 is 10.2 Å². The van der Waals surface area contributed by atoms with Crippen molar-refractivity contribution in [3.05, 3.63) is 35.9 Å². The predicted molar refractivity (Wildman–Crippen MR) is 66.8 cm³/mol. The Morgan fingerprint density at radius 1 is 1.24 bits per heavy atom. The van der Waals surface area contributed by atoms with E-state index in [4.69, 9.17) is 5.11 Å². The van der Waals surface area contributed by atoms with Crippen LogP contribution >= 0.6 is 0 Å². The molecule has 0 aliphatic carbocycles. The Bertz CT molecular complexity index is 335. The molecule has 0 radical (unpaired) electrons. The van der Waals surface area contributed by atoms with Gasteiger partial charge in [-0.15, -0.1) is 0 Å². The summed E-state index contributed by atoms with van der Waals surface area (Å²) in [4.78, 5) is 10.6. The number of rotatable bonds is 7. The Morgan fingerprint density at radius 3 is 2.47 bits per heavy atom. The monoisotopic (exact) mass is 236 g/mol. The average Bonchev–Trinajstić information content (AvgIpc) is 2.34. The molecule has 3 heteroatoms. The van der Waals surface area contributed by atoms with E-state index in [1.807, 2.05) is 18.2 Å². The molecule has 0 unspecified atom stereocenters. The maximum absolute atomic E-state index is 10.6. The quantitative estimate of drug-likeness (QED) is 0.715. The molecule has 0 heterocycles. The number of unbranched alkanes of at least 4 members (excludes halogenated alkanes) is 1. The molecule has 0 amide bonds. The van der Waals surface area contributed by atoms with Gasteiger partial charge in [0.1, 0.15) is 0 Å². The maximum atomic E-state index is 10.6. The van der Waals surface area contributed by atoms with Gasteiger partial charge in [0.25, 0.3) is 0 Å². The van der Waals surface area contributed by atoms with E-state index in [2.05, 4.69) is 12.1 Å². The van der Waals surface area contributed by atoms with Gasteiger partial charge in [0.2, 0.25) is 0 Å². The van der Waals surface area contributed by atoms with Crippen LogP contribution in [-0.2, 0) is 11.2 Å². The Balaban J connectivity index is 2.18. The van der Waals surface area contributed by atoms with Crippen LogP contribution in [0.1, 0.15) is 31.7 Å². The van der Waals surface area contributed by atoms with Gasteiger partial charge in [-0.05, 0) is 31.7 Å². The van der Waals surface area contributed by atoms with E-state index < -0.39 is 18.0 Å². The van der Waals surface area contributed by atoms with E-state index in [-0.39, 0.29) is 0 Å². The van der Waals surface area contributed by atoms with Crippen LogP contribution in [0.5, 0.6) is 0 Å². The number of aliphatic hydroxyl groups excluding tert-OH is 1. The number of hydrogen-bond acceptors (Lipinski definition) is 2. The predicted octanol–water partition coefficient (Wildman–Crippen LogP) is 2.48. The number of carboxylic acid groups (broad SMARTS) is 1. The van der Waals surface area contributed by atoms with Crippen LogP contribution in [0, 0.1) is 5.92 Å². The number of aryl methyl sites for hydroxylation is 1. The molecular formula is C14H20O3. The largest absolute Gasteiger partial charge is 0.481 e. The lowest BCUT2D eigenvalue weighted by Gasteiger charge is -2.14. The van der Waals surface area contributed by atoms with E-state index >= 15 is 0 Å². The second kappa shape index (κ2) is 7.07. The maximum Gasteiger partial charge on any atom is 0.308 e. The molecule has 0 bridgehead atoms. The first kappa shape index (κ1) is 13.7. The van der Waals surface area contributed by atoms with Crippen molar-refractivity contribution in [1.82, 2.24) is 0 Å². The summed E-state index contributed by atoms with van der Waals surface area (Å²) in [7, 11) is 0. The molecule has 0 aromatic heterocycles. The zero-order valence-corrected chi connectivity index (χ0v) is 10.2. The molecule has 1 aromatic rings. The molecule has 3 nitrogen and oxygen atoms in total. The molecule has 0 saturated carbocycles. The first-order chi connectivity index (χ1) is 8.11. The molecule has 0 aliphatic heterocycles. The van der Waals surface area contributed by atoms with Gasteiger partial charge in [-0.1, -0.05) is 36.8 Å². The van der Waals surface area contributed by atoms with E-state index in [9.17, 15) is 9.90 Å². The number of hydrogen-bond donors (Lipinski definition) is 2. The number of aliphatic hydroxyl groups is 1. The van der Waals surface area contributed by atoms with Crippen molar-refractivity contribution < 1.29 is 15.0 Å². The molecule has 0 saturated heterocycles. The van der Waals surface area contributed by atoms with E-state index in [0.717, 1.165) is 19.3 Å². The summed E-state index contributed by atoms with van der Waals surface area (Å²) < 4.78 is 0. The number of carboxylic acids is 1. The second-order valence-electron chi connectivity index (χ2n) is 4.43. The lowest BCUT2D eigenvalue weighted by Crippen LogP contribution is -2.25. The molecular weight excluding hydrogens is 216 g/mol. The Hall–Kier alpha value is -1.35. The molecule has 17 heavy (non-hydrogen) atoms. The topological polar surface area (TPSA) is 57.5 Å². The molecule has 2 atom stereocenters. The highest BCUT2D eigenvalue weighted by Gasteiger charge is 2.20. The van der Waals surface area contributed by atoms with Crippen LogP contribution in [0.4, 0.5) is 0 Å². The number of aliphatic carboxylic acids is 1. The van der Waals surface area contributed by atoms with Crippen molar-refractivity contribution in [3.8, 4) is 0 Å². The van der Waals surface area contributed by atoms with Crippen LogP contribution in [0.3, 0.4) is 0 Å². The highest BCUT2D eigenvalue weighted by atomic mass is 16.4. The molecule has 0 spiro atoms. The molecule has 1 aromatic carbocycles. The van der Waals surface area contributed by atoms with Crippen molar-refractivity contribution in [2.75, 3.05) is 0 Å². The van der Waals surface area contributed by atoms with Crippen molar-refractivity contribution in [2.24, 2.45) is 5.92 Å². The highest BCUT2D eigenvalue weighted by Crippen LogP contribution is 2.13. The normalized spacial score (nSPS) is 14.2. The third-order valence-electron chi connectivity index (χ3n) is 3.02. The third-order valence-corrected chi connectivity index (χ3v) is 3.02. The van der Waals surface area contributed by atoms with E-state index in [1.54, 1.807) is 6.92 Å². The van der Waals surface area contributed by atoms with Crippen molar-refractivity contribution >= 4 is 5.97 Å². The second-order valence-corrected chi connectivity index (χ2v) is 4.43. The van der Waals surface area contributed by atoms with Crippen LogP contribution < -0.4 is 0 Å². The summed E-state index contributed by atoms with van der Waals surface area (Å²) in [6, 6.07) is 10.2. The van der Waals surface area contributed by atoms with Crippen molar-refractivity contribution in [2.45, 2.75) is 38.7 Å². The summed E-state index contributed by atoms with van der Waals surface area (Å²) in [6.45, 7) is 1.55. The fourth-order valence-corrected chi connectivity index (χ4v) is 1.74. The van der Waals surface area contributed by atoms with Gasteiger partial charge in [0.05, 0.1) is 12.0 Å². The zero-order chi connectivity index (χ0) is 12.7. The van der Waals surface area contributed by atoms with Gasteiger partial charge in [-0.2, -0.15) is 0 Å². The zero-order valence-electron chi connectivity index (χ0n) is 10.2. The Kier molecular flexibility index (Phi) is 5.70. The molecule has 1 rings (SSSR count). The van der Waals surface area contributed by atoms with Crippen LogP contribution in [0.25, 0.3) is 0 Å². The van der Waals surface area contributed by atoms with Gasteiger partial charge in [-0.3, -0.25) is 4.79 Å². The van der Waals surface area contributed by atoms with Crippen molar-refractivity contribution in [3.63, 3.8) is 0 Å². The van der Waals surface area contributed by atoms with Crippen molar-refractivity contribution in [1.29, 1.82) is 0 Å². The summed E-state index contributed by atoms with van der Waals surface area (Å²) >= 11 is 0. The van der Waals surface area contributed by atoms with E-state index in [0.29, 0.717) is 6.42 Å². The highest BCUT2D eigenvalue weighted by molar-refractivity contribution is 5.70. The first-order valence-corrected chi connectivity index (χ1v) is 6.06. The smallest absolute Gasteiger partial charge is 0.308 e. The van der Waals surface area contributed by atoms with Gasteiger partial charge in [-0.25, -0.2) is 0 Å². The molecule has 0 fully saturated rings. The summed E-state index contributed by atoms with van der Waals surface area (Å²) in [5, 5.41) is 18.3. The minimum absolute atomic E-state index is 0.556. The van der Waals surface area contributed by atoms with E-state index in [1.165, 1.54) is 5.56 Å². The Morgan fingerprint density at radius 2 is 1.88 bits per heavy atom. The van der Waals surface area contributed by atoms with Crippen LogP contribution in [-0.4, -0.2) is 22.3 Å². The summed E-state index contributed by atoms with van der Waals surface area (Å²) in [5.41, 5.74) is 1.29. The molecule has 94 valence electrons. The molecule has 0 aliphatic rings.